The van der Waals surface area contributed by atoms with Crippen LogP contribution in [-0.2, 0) is 4.79 Å². The fourth-order valence-electron chi connectivity index (χ4n) is 4.30. The summed E-state index contributed by atoms with van der Waals surface area (Å²) in [5.74, 6) is 0.410. The number of anilines is 2. The van der Waals surface area contributed by atoms with Gasteiger partial charge in [-0.1, -0.05) is 17.4 Å². The minimum Gasteiger partial charge on any atom is -0.368 e. The molecule has 2 aliphatic rings. The molecular weight excluding hydrogens is 408 g/mol. The summed E-state index contributed by atoms with van der Waals surface area (Å²) in [5, 5.41) is 1.02. The summed E-state index contributed by atoms with van der Waals surface area (Å²) in [4.78, 5) is 35.7. The van der Waals surface area contributed by atoms with Crippen LogP contribution in [0.2, 0.25) is 0 Å². The van der Waals surface area contributed by atoms with E-state index in [0.29, 0.717) is 0 Å². The van der Waals surface area contributed by atoms with Gasteiger partial charge in [-0.25, -0.2) is 4.98 Å². The van der Waals surface area contributed by atoms with Gasteiger partial charge in [-0.2, -0.15) is 0 Å². The van der Waals surface area contributed by atoms with E-state index < -0.39 is 0 Å². The van der Waals surface area contributed by atoms with Gasteiger partial charge < -0.3 is 14.7 Å². The molecule has 0 aliphatic carbocycles. The second-order valence-electron chi connectivity index (χ2n) is 8.48. The Morgan fingerprint density at radius 2 is 1.68 bits per heavy atom. The Kier molecular flexibility index (Phi) is 5.14. The maximum absolute atomic E-state index is 13.0. The Morgan fingerprint density at radius 3 is 2.35 bits per heavy atom. The van der Waals surface area contributed by atoms with Crippen molar-refractivity contribution in [2.45, 2.75) is 13.8 Å². The standard InChI is InChI=1S/C24H26N4O2S/c1-16-3-8-21-22(13-16)31-24(25-21)28-14-19(15-28)23(30)27-11-9-26(10-12-27)20-6-4-18(5-7-20)17(2)29/h3-8,13,19H,9-12,14-15H2,1-2H3. The molecule has 5 rings (SSSR count). The zero-order valence-corrected chi connectivity index (χ0v) is 18.7. The largest absolute Gasteiger partial charge is 0.368 e. The molecule has 2 fully saturated rings. The number of hydrogen-bond acceptors (Lipinski definition) is 6. The molecule has 7 heteroatoms. The Morgan fingerprint density at radius 1 is 0.968 bits per heavy atom. The van der Waals surface area contributed by atoms with Crippen molar-refractivity contribution in [2.75, 3.05) is 49.1 Å². The number of piperazine rings is 1. The van der Waals surface area contributed by atoms with Crippen molar-refractivity contribution in [3.8, 4) is 0 Å². The molecule has 0 unspecified atom stereocenters. The quantitative estimate of drug-likeness (QED) is 0.588. The zero-order chi connectivity index (χ0) is 21.5. The van der Waals surface area contributed by atoms with Crippen LogP contribution in [0.4, 0.5) is 10.8 Å². The predicted octanol–water partition coefficient (Wildman–Crippen LogP) is 3.59. The Hall–Kier alpha value is -2.93. The second-order valence-corrected chi connectivity index (χ2v) is 9.49. The lowest BCUT2D eigenvalue weighted by Gasteiger charge is -2.43. The molecule has 1 aromatic heterocycles. The highest BCUT2D eigenvalue weighted by Gasteiger charge is 2.37. The highest BCUT2D eigenvalue weighted by molar-refractivity contribution is 7.22. The first-order valence-corrected chi connectivity index (χ1v) is 11.6. The van der Waals surface area contributed by atoms with Crippen LogP contribution >= 0.6 is 11.3 Å². The van der Waals surface area contributed by atoms with Crippen molar-refractivity contribution in [3.05, 3.63) is 53.6 Å². The fraction of sp³-hybridized carbons (Fsp3) is 0.375. The number of Topliss-reactive ketones (excluding diaryl/α,β-unsaturated/α-hetero) is 1. The summed E-state index contributed by atoms with van der Waals surface area (Å²) >= 11 is 1.71. The van der Waals surface area contributed by atoms with Gasteiger partial charge in [0.1, 0.15) is 0 Å². The predicted molar refractivity (Wildman–Crippen MR) is 125 cm³/mol. The van der Waals surface area contributed by atoms with E-state index in [1.54, 1.807) is 18.3 Å². The van der Waals surface area contributed by atoms with Gasteiger partial charge in [0.2, 0.25) is 5.91 Å². The first-order valence-electron chi connectivity index (χ1n) is 10.7. The minimum absolute atomic E-state index is 0.0650. The van der Waals surface area contributed by atoms with Gasteiger partial charge in [-0.3, -0.25) is 9.59 Å². The second kappa shape index (κ2) is 7.96. The van der Waals surface area contributed by atoms with Crippen molar-refractivity contribution in [1.82, 2.24) is 9.88 Å². The van der Waals surface area contributed by atoms with Crippen molar-refractivity contribution >= 4 is 44.1 Å². The Balaban J connectivity index is 1.15. The average molecular weight is 435 g/mol. The van der Waals surface area contributed by atoms with Crippen LogP contribution in [0, 0.1) is 12.8 Å². The molecule has 2 aromatic carbocycles. The molecule has 2 aliphatic heterocycles. The number of aryl methyl sites for hydroxylation is 1. The van der Waals surface area contributed by atoms with Crippen LogP contribution in [0.15, 0.2) is 42.5 Å². The van der Waals surface area contributed by atoms with E-state index in [9.17, 15) is 9.59 Å². The number of carbonyl (C=O) groups excluding carboxylic acids is 2. The number of carbonyl (C=O) groups is 2. The average Bonchev–Trinajstić information content (AvgIpc) is 3.15. The SMILES string of the molecule is CC(=O)c1ccc(N2CCN(C(=O)C3CN(c4nc5ccc(C)cc5s4)C3)CC2)cc1. The Labute approximate surface area is 186 Å². The highest BCUT2D eigenvalue weighted by Crippen LogP contribution is 2.34. The van der Waals surface area contributed by atoms with Crippen LogP contribution in [0.25, 0.3) is 10.2 Å². The van der Waals surface area contributed by atoms with Crippen LogP contribution in [0.5, 0.6) is 0 Å². The number of fused-ring (bicyclic) bond motifs is 1. The van der Waals surface area contributed by atoms with Crippen molar-refractivity contribution in [2.24, 2.45) is 5.92 Å². The van der Waals surface area contributed by atoms with E-state index in [4.69, 9.17) is 4.98 Å². The van der Waals surface area contributed by atoms with Gasteiger partial charge in [0.15, 0.2) is 10.9 Å². The molecular formula is C24H26N4O2S. The number of ketones is 1. The van der Waals surface area contributed by atoms with Crippen molar-refractivity contribution in [3.63, 3.8) is 0 Å². The van der Waals surface area contributed by atoms with Crippen LogP contribution in [0.1, 0.15) is 22.8 Å². The number of amides is 1. The number of aromatic nitrogens is 1. The van der Waals surface area contributed by atoms with E-state index in [1.807, 2.05) is 29.2 Å². The normalized spacial score (nSPS) is 17.2. The first kappa shape index (κ1) is 20.0. The topological polar surface area (TPSA) is 56.8 Å². The van der Waals surface area contributed by atoms with Gasteiger partial charge in [0, 0.05) is 50.5 Å². The lowest BCUT2D eigenvalue weighted by atomic mass is 9.99. The van der Waals surface area contributed by atoms with Gasteiger partial charge in [-0.15, -0.1) is 0 Å². The maximum atomic E-state index is 13.0. The number of rotatable bonds is 4. The first-order chi connectivity index (χ1) is 15.0. The van der Waals surface area contributed by atoms with Gasteiger partial charge >= 0.3 is 0 Å². The summed E-state index contributed by atoms with van der Waals surface area (Å²) in [6, 6.07) is 14.1. The number of thiazole rings is 1. The third-order valence-electron chi connectivity index (χ3n) is 6.26. The van der Waals surface area contributed by atoms with E-state index in [-0.39, 0.29) is 17.6 Å². The molecule has 2 saturated heterocycles. The minimum atomic E-state index is 0.0650. The molecule has 3 heterocycles. The van der Waals surface area contributed by atoms with Gasteiger partial charge in [-0.05, 0) is 55.8 Å². The number of nitrogens with zero attached hydrogens (tertiary/aromatic N) is 4. The van der Waals surface area contributed by atoms with E-state index >= 15 is 0 Å². The summed E-state index contributed by atoms with van der Waals surface area (Å²) in [5.41, 5.74) is 4.12. The maximum Gasteiger partial charge on any atom is 0.229 e. The third-order valence-corrected chi connectivity index (χ3v) is 7.34. The zero-order valence-electron chi connectivity index (χ0n) is 17.9. The summed E-state index contributed by atoms with van der Waals surface area (Å²) in [6.07, 6.45) is 0. The highest BCUT2D eigenvalue weighted by atomic mass is 32.1. The monoisotopic (exact) mass is 434 g/mol. The number of benzene rings is 2. The number of hydrogen-bond donors (Lipinski definition) is 0. The lowest BCUT2D eigenvalue weighted by Crippen LogP contribution is -2.58. The van der Waals surface area contributed by atoms with Crippen LogP contribution in [0.3, 0.4) is 0 Å². The smallest absolute Gasteiger partial charge is 0.229 e. The molecule has 6 nitrogen and oxygen atoms in total. The molecule has 1 amide bonds. The molecule has 0 radical (unpaired) electrons. The van der Waals surface area contributed by atoms with E-state index in [0.717, 1.165) is 61.2 Å². The summed E-state index contributed by atoms with van der Waals surface area (Å²) in [7, 11) is 0. The fourth-order valence-corrected chi connectivity index (χ4v) is 5.38. The molecule has 3 aromatic rings. The Bertz CT molecular complexity index is 1130. The summed E-state index contributed by atoms with van der Waals surface area (Å²) in [6.45, 7) is 8.30. The molecule has 0 bridgehead atoms. The van der Waals surface area contributed by atoms with Crippen LogP contribution in [-0.4, -0.2) is 60.8 Å². The van der Waals surface area contributed by atoms with Crippen molar-refractivity contribution in [1.29, 1.82) is 0 Å². The van der Waals surface area contributed by atoms with Crippen molar-refractivity contribution < 1.29 is 9.59 Å². The lowest BCUT2D eigenvalue weighted by molar-refractivity contribution is -0.136. The van der Waals surface area contributed by atoms with Gasteiger partial charge in [0.05, 0.1) is 16.1 Å². The van der Waals surface area contributed by atoms with Gasteiger partial charge in [0.25, 0.3) is 0 Å². The van der Waals surface area contributed by atoms with Crippen LogP contribution < -0.4 is 9.80 Å². The van der Waals surface area contributed by atoms with E-state index in [1.165, 1.54) is 10.3 Å². The van der Waals surface area contributed by atoms with E-state index in [2.05, 4.69) is 34.9 Å². The molecule has 0 N–H and O–H groups in total. The molecule has 160 valence electrons. The third kappa shape index (κ3) is 3.90. The molecule has 31 heavy (non-hydrogen) atoms. The summed E-state index contributed by atoms with van der Waals surface area (Å²) < 4.78 is 1.21. The molecule has 0 atom stereocenters. The molecule has 0 spiro atoms. The molecule has 0 saturated carbocycles.